The second-order valence-corrected chi connectivity index (χ2v) is 6.09. The van der Waals surface area contributed by atoms with Gasteiger partial charge in [0.1, 0.15) is 5.82 Å². The van der Waals surface area contributed by atoms with E-state index in [2.05, 4.69) is 43.1 Å². The third-order valence-corrected chi connectivity index (χ3v) is 4.25. The van der Waals surface area contributed by atoms with Gasteiger partial charge in [-0.2, -0.15) is 0 Å². The lowest BCUT2D eigenvalue weighted by molar-refractivity contribution is 0.630. The second kappa shape index (κ2) is 5.17. The first kappa shape index (κ1) is 13.9. The van der Waals surface area contributed by atoms with Crippen LogP contribution in [0.25, 0.3) is 32.7 Å². The summed E-state index contributed by atoms with van der Waals surface area (Å²) in [4.78, 5) is 4.28. The number of hydrogen-bond acceptors (Lipinski definition) is 1. The molecule has 0 saturated heterocycles. The maximum Gasteiger partial charge on any atom is 0.123 e. The number of benzene rings is 3. The highest BCUT2D eigenvalue weighted by Crippen LogP contribution is 2.35. The molecule has 0 atom stereocenters. The van der Waals surface area contributed by atoms with Gasteiger partial charge in [-0.1, -0.05) is 35.4 Å². The Morgan fingerprint density at radius 2 is 1.57 bits per heavy atom. The summed E-state index contributed by atoms with van der Waals surface area (Å²) in [6.07, 6.45) is 3.63. The monoisotopic (exact) mass is 301 g/mol. The molecule has 0 aliphatic heterocycles. The van der Waals surface area contributed by atoms with Crippen molar-refractivity contribution >= 4 is 21.5 Å². The molecule has 3 aromatic carbocycles. The molecule has 4 rings (SSSR count). The van der Waals surface area contributed by atoms with Crippen LogP contribution in [0.3, 0.4) is 0 Å². The van der Waals surface area contributed by atoms with E-state index in [9.17, 15) is 4.39 Å². The molecule has 112 valence electrons. The molecule has 1 heterocycles. The Morgan fingerprint density at radius 3 is 2.35 bits per heavy atom. The van der Waals surface area contributed by atoms with Crippen molar-refractivity contribution in [2.75, 3.05) is 0 Å². The van der Waals surface area contributed by atoms with E-state index in [0.717, 1.165) is 27.1 Å². The lowest BCUT2D eigenvalue weighted by Gasteiger charge is -2.12. The van der Waals surface area contributed by atoms with Crippen molar-refractivity contribution in [3.63, 3.8) is 0 Å². The van der Waals surface area contributed by atoms with Crippen molar-refractivity contribution in [2.24, 2.45) is 0 Å². The van der Waals surface area contributed by atoms with Crippen LogP contribution in [0.5, 0.6) is 0 Å². The van der Waals surface area contributed by atoms with Crippen LogP contribution in [-0.4, -0.2) is 4.98 Å². The van der Waals surface area contributed by atoms with Gasteiger partial charge in [0, 0.05) is 17.8 Å². The number of aryl methyl sites for hydroxylation is 2. The molecule has 4 aromatic rings. The molecule has 0 radical (unpaired) electrons. The molecule has 0 fully saturated rings. The third-order valence-electron chi connectivity index (χ3n) is 4.25. The highest BCUT2D eigenvalue weighted by Gasteiger charge is 2.10. The second-order valence-electron chi connectivity index (χ2n) is 6.09. The van der Waals surface area contributed by atoms with Crippen LogP contribution in [0.1, 0.15) is 11.1 Å². The number of hydrogen-bond donors (Lipinski definition) is 0. The molecule has 0 unspecified atom stereocenters. The van der Waals surface area contributed by atoms with Gasteiger partial charge in [-0.25, -0.2) is 4.39 Å². The summed E-state index contributed by atoms with van der Waals surface area (Å²) in [5.41, 5.74) is 4.78. The number of pyridine rings is 1. The fourth-order valence-electron chi connectivity index (χ4n) is 3.33. The Balaban J connectivity index is 2.15. The van der Waals surface area contributed by atoms with Gasteiger partial charge in [0.05, 0.1) is 0 Å². The van der Waals surface area contributed by atoms with E-state index in [4.69, 9.17) is 0 Å². The van der Waals surface area contributed by atoms with Gasteiger partial charge in [-0.3, -0.25) is 4.98 Å². The molecular weight excluding hydrogens is 285 g/mol. The smallest absolute Gasteiger partial charge is 0.123 e. The number of nitrogens with zero attached hydrogens (tertiary/aromatic N) is 1. The van der Waals surface area contributed by atoms with Crippen molar-refractivity contribution in [3.05, 3.63) is 77.9 Å². The van der Waals surface area contributed by atoms with Crippen molar-refractivity contribution in [1.29, 1.82) is 0 Å². The van der Waals surface area contributed by atoms with E-state index in [1.165, 1.54) is 22.8 Å². The number of halogens is 1. The first-order valence-corrected chi connectivity index (χ1v) is 7.66. The van der Waals surface area contributed by atoms with Gasteiger partial charge < -0.3 is 0 Å². The van der Waals surface area contributed by atoms with Crippen LogP contribution in [0.2, 0.25) is 0 Å². The summed E-state index contributed by atoms with van der Waals surface area (Å²) in [5, 5.41) is 4.05. The summed E-state index contributed by atoms with van der Waals surface area (Å²) in [7, 11) is 0. The summed E-state index contributed by atoms with van der Waals surface area (Å²) in [6, 6.07) is 15.6. The van der Waals surface area contributed by atoms with Gasteiger partial charge in [-0.05, 0) is 65.4 Å². The van der Waals surface area contributed by atoms with Crippen molar-refractivity contribution in [3.8, 4) is 11.1 Å². The fraction of sp³-hybridized carbons (Fsp3) is 0.0952. The molecule has 2 heteroatoms. The predicted molar refractivity (Wildman–Crippen MR) is 94.1 cm³/mol. The van der Waals surface area contributed by atoms with Crippen LogP contribution in [0, 0.1) is 19.7 Å². The Hall–Kier alpha value is -2.74. The van der Waals surface area contributed by atoms with Gasteiger partial charge >= 0.3 is 0 Å². The van der Waals surface area contributed by atoms with Gasteiger partial charge in [0.2, 0.25) is 0 Å². The first-order chi connectivity index (χ1) is 11.1. The van der Waals surface area contributed by atoms with E-state index in [1.807, 2.05) is 18.3 Å². The molecule has 0 N–H and O–H groups in total. The summed E-state index contributed by atoms with van der Waals surface area (Å²) < 4.78 is 13.7. The zero-order chi connectivity index (χ0) is 16.0. The summed E-state index contributed by atoms with van der Waals surface area (Å²) in [5.74, 6) is -0.213. The largest absolute Gasteiger partial charge is 0.264 e. The average Bonchev–Trinajstić information content (AvgIpc) is 2.53. The lowest BCUT2D eigenvalue weighted by Crippen LogP contribution is -1.88. The molecule has 1 nitrogen and oxygen atoms in total. The molecule has 23 heavy (non-hydrogen) atoms. The SMILES string of the molecule is Cc1cc(C)cc(-c2cc3ccc(F)cc3c3ccncc23)c1. The maximum absolute atomic E-state index is 13.7. The molecule has 0 amide bonds. The van der Waals surface area contributed by atoms with Gasteiger partial charge in [0.25, 0.3) is 0 Å². The van der Waals surface area contributed by atoms with Crippen LogP contribution >= 0.6 is 0 Å². The average molecular weight is 301 g/mol. The van der Waals surface area contributed by atoms with Crippen molar-refractivity contribution in [1.82, 2.24) is 4.98 Å². The maximum atomic E-state index is 13.7. The Bertz CT molecular complexity index is 1030. The Labute approximate surface area is 134 Å². The first-order valence-electron chi connectivity index (χ1n) is 7.66. The number of fused-ring (bicyclic) bond motifs is 3. The Kier molecular flexibility index (Phi) is 3.12. The van der Waals surface area contributed by atoms with Crippen LogP contribution < -0.4 is 0 Å². The molecule has 0 saturated carbocycles. The molecule has 0 spiro atoms. The van der Waals surface area contributed by atoms with Crippen LogP contribution in [0.15, 0.2) is 60.9 Å². The molecule has 0 aliphatic rings. The minimum absolute atomic E-state index is 0.213. The van der Waals surface area contributed by atoms with E-state index >= 15 is 0 Å². The highest BCUT2D eigenvalue weighted by molar-refractivity contribution is 6.13. The third kappa shape index (κ3) is 2.36. The van der Waals surface area contributed by atoms with E-state index < -0.39 is 0 Å². The minimum atomic E-state index is -0.213. The van der Waals surface area contributed by atoms with E-state index in [-0.39, 0.29) is 5.82 Å². The molecule has 1 aromatic heterocycles. The van der Waals surface area contributed by atoms with Crippen LogP contribution in [-0.2, 0) is 0 Å². The number of rotatable bonds is 1. The molecule has 0 aliphatic carbocycles. The topological polar surface area (TPSA) is 12.9 Å². The lowest BCUT2D eigenvalue weighted by atomic mass is 9.93. The quantitative estimate of drug-likeness (QED) is 0.404. The zero-order valence-corrected chi connectivity index (χ0v) is 13.1. The van der Waals surface area contributed by atoms with Gasteiger partial charge in [0.15, 0.2) is 0 Å². The molecular formula is C21H16FN. The highest BCUT2D eigenvalue weighted by atomic mass is 19.1. The van der Waals surface area contributed by atoms with E-state index in [0.29, 0.717) is 0 Å². The van der Waals surface area contributed by atoms with Gasteiger partial charge in [-0.15, -0.1) is 0 Å². The minimum Gasteiger partial charge on any atom is -0.264 e. The summed E-state index contributed by atoms with van der Waals surface area (Å²) >= 11 is 0. The van der Waals surface area contributed by atoms with Crippen molar-refractivity contribution in [2.45, 2.75) is 13.8 Å². The van der Waals surface area contributed by atoms with Crippen molar-refractivity contribution < 1.29 is 4.39 Å². The fourth-order valence-corrected chi connectivity index (χ4v) is 3.33. The standard InChI is InChI=1S/C21H16FN/c1-13-7-14(2)9-16(8-13)19-10-15-3-4-17(22)11-20(15)18-5-6-23-12-21(18)19/h3-12H,1-2H3. The predicted octanol–water partition coefficient (Wildman–Crippen LogP) is 5.81. The normalized spacial score (nSPS) is 11.3. The number of aromatic nitrogens is 1. The summed E-state index contributed by atoms with van der Waals surface area (Å²) in [6.45, 7) is 4.21. The van der Waals surface area contributed by atoms with Crippen LogP contribution in [0.4, 0.5) is 4.39 Å². The zero-order valence-electron chi connectivity index (χ0n) is 13.1. The van der Waals surface area contributed by atoms with E-state index in [1.54, 1.807) is 12.3 Å². The Morgan fingerprint density at radius 1 is 0.783 bits per heavy atom. The molecule has 0 bridgehead atoms.